The molecule has 0 radical (unpaired) electrons. The molecule has 1 N–H and O–H groups in total. The fourth-order valence-electron chi connectivity index (χ4n) is 3.02. The Balaban J connectivity index is 1.80. The largest absolute Gasteiger partial charge is 0.481 e. The number of carboxylic acids is 1. The van der Waals surface area contributed by atoms with Gasteiger partial charge in [-0.15, -0.1) is 0 Å². The highest BCUT2D eigenvalue weighted by Crippen LogP contribution is 2.23. The van der Waals surface area contributed by atoms with E-state index < -0.39 is 5.97 Å². The van der Waals surface area contributed by atoms with Gasteiger partial charge in [-0.25, -0.2) is 0 Å². The number of nitrogens with zero attached hydrogens (tertiary/aromatic N) is 3. The van der Waals surface area contributed by atoms with Crippen molar-refractivity contribution in [3.63, 3.8) is 0 Å². The van der Waals surface area contributed by atoms with E-state index in [9.17, 15) is 4.79 Å². The smallest absolute Gasteiger partial charge is 0.303 e. The molecule has 1 aliphatic heterocycles. The molecule has 2 rings (SSSR count). The van der Waals surface area contributed by atoms with E-state index in [1.807, 2.05) is 11.7 Å². The molecule has 112 valence electrons. The van der Waals surface area contributed by atoms with E-state index in [1.165, 1.54) is 11.3 Å². The lowest BCUT2D eigenvalue weighted by molar-refractivity contribution is -0.137. The van der Waals surface area contributed by atoms with Crippen molar-refractivity contribution in [1.29, 1.82) is 0 Å². The van der Waals surface area contributed by atoms with E-state index in [0.29, 0.717) is 12.3 Å². The molecule has 0 atom stereocenters. The first-order valence-corrected chi connectivity index (χ1v) is 7.54. The Kier molecular flexibility index (Phi) is 5.17. The molecule has 2 heterocycles. The molecular formula is C15H25N3O2. The molecule has 0 spiro atoms. The average molecular weight is 279 g/mol. The van der Waals surface area contributed by atoms with Gasteiger partial charge in [0.05, 0.1) is 5.69 Å². The Morgan fingerprint density at radius 3 is 2.75 bits per heavy atom. The van der Waals surface area contributed by atoms with E-state index >= 15 is 0 Å². The van der Waals surface area contributed by atoms with Crippen molar-refractivity contribution in [3.8, 4) is 0 Å². The normalized spacial score (nSPS) is 17.5. The Morgan fingerprint density at radius 2 is 2.15 bits per heavy atom. The van der Waals surface area contributed by atoms with Gasteiger partial charge in [0.2, 0.25) is 0 Å². The molecule has 5 heteroatoms. The minimum Gasteiger partial charge on any atom is -0.481 e. The molecule has 1 fully saturated rings. The molecule has 0 amide bonds. The Hall–Kier alpha value is -1.36. The maximum atomic E-state index is 10.6. The molecule has 1 aromatic heterocycles. The highest BCUT2D eigenvalue weighted by molar-refractivity contribution is 5.66. The van der Waals surface area contributed by atoms with Gasteiger partial charge in [0.25, 0.3) is 0 Å². The number of aromatic nitrogens is 2. The second-order valence-corrected chi connectivity index (χ2v) is 5.78. The number of carboxylic acid groups (broad SMARTS) is 1. The zero-order valence-electron chi connectivity index (χ0n) is 12.5. The number of hydrogen-bond acceptors (Lipinski definition) is 3. The molecular weight excluding hydrogens is 254 g/mol. The third kappa shape index (κ3) is 4.07. The third-order valence-electron chi connectivity index (χ3n) is 4.19. The minimum atomic E-state index is -0.671. The van der Waals surface area contributed by atoms with Gasteiger partial charge in [0.15, 0.2) is 0 Å². The Morgan fingerprint density at radius 1 is 1.45 bits per heavy atom. The lowest BCUT2D eigenvalue weighted by atomic mass is 9.92. The van der Waals surface area contributed by atoms with Gasteiger partial charge in [0.1, 0.15) is 0 Å². The molecule has 0 bridgehead atoms. The molecule has 0 aliphatic carbocycles. The summed E-state index contributed by atoms with van der Waals surface area (Å²) >= 11 is 0. The van der Waals surface area contributed by atoms with Crippen LogP contribution in [0.25, 0.3) is 0 Å². The van der Waals surface area contributed by atoms with Crippen LogP contribution in [0.5, 0.6) is 0 Å². The number of piperidine rings is 1. The molecule has 0 unspecified atom stereocenters. The Labute approximate surface area is 120 Å². The topological polar surface area (TPSA) is 58.4 Å². The molecule has 0 aromatic carbocycles. The summed E-state index contributed by atoms with van der Waals surface area (Å²) < 4.78 is 1.90. The van der Waals surface area contributed by atoms with Crippen LogP contribution >= 0.6 is 0 Å². The van der Waals surface area contributed by atoms with Crippen molar-refractivity contribution in [2.75, 3.05) is 13.1 Å². The molecule has 5 nitrogen and oxygen atoms in total. The average Bonchev–Trinajstić information content (AvgIpc) is 2.78. The van der Waals surface area contributed by atoms with Gasteiger partial charge < -0.3 is 5.11 Å². The SMILES string of the molecule is CCc1nn(C)cc1CN1CCC(CCC(=O)O)CC1. The van der Waals surface area contributed by atoms with Crippen LogP contribution in [0.3, 0.4) is 0 Å². The van der Waals surface area contributed by atoms with E-state index in [0.717, 1.165) is 45.3 Å². The number of rotatable bonds is 6. The number of aryl methyl sites for hydroxylation is 2. The predicted molar refractivity (Wildman–Crippen MR) is 77.5 cm³/mol. The predicted octanol–water partition coefficient (Wildman–Crippen LogP) is 2.06. The van der Waals surface area contributed by atoms with Gasteiger partial charge in [-0.3, -0.25) is 14.4 Å². The molecule has 1 saturated heterocycles. The standard InChI is InChI=1S/C15H25N3O2/c1-3-14-13(10-17(2)16-14)11-18-8-6-12(7-9-18)4-5-15(19)20/h10,12H,3-9,11H2,1-2H3,(H,19,20). The fraction of sp³-hybridized carbons (Fsp3) is 0.733. The van der Waals surface area contributed by atoms with Crippen LogP contribution in [-0.2, 0) is 24.8 Å². The third-order valence-corrected chi connectivity index (χ3v) is 4.19. The van der Waals surface area contributed by atoms with Gasteiger partial charge in [-0.05, 0) is 44.7 Å². The van der Waals surface area contributed by atoms with E-state index in [4.69, 9.17) is 5.11 Å². The maximum Gasteiger partial charge on any atom is 0.303 e. The summed E-state index contributed by atoms with van der Waals surface area (Å²) in [6.07, 6.45) is 6.48. The van der Waals surface area contributed by atoms with Gasteiger partial charge in [0, 0.05) is 31.8 Å². The lowest BCUT2D eigenvalue weighted by Gasteiger charge is -2.31. The van der Waals surface area contributed by atoms with Gasteiger partial charge in [-0.1, -0.05) is 6.92 Å². The summed E-state index contributed by atoms with van der Waals surface area (Å²) in [5.41, 5.74) is 2.53. The lowest BCUT2D eigenvalue weighted by Crippen LogP contribution is -2.33. The minimum absolute atomic E-state index is 0.313. The number of hydrogen-bond donors (Lipinski definition) is 1. The summed E-state index contributed by atoms with van der Waals surface area (Å²) in [4.78, 5) is 13.1. The second kappa shape index (κ2) is 6.88. The molecule has 20 heavy (non-hydrogen) atoms. The van der Waals surface area contributed by atoms with Crippen LogP contribution in [0.4, 0.5) is 0 Å². The number of carbonyl (C=O) groups is 1. The van der Waals surface area contributed by atoms with Crippen molar-refractivity contribution in [2.24, 2.45) is 13.0 Å². The van der Waals surface area contributed by atoms with Crippen molar-refractivity contribution >= 4 is 5.97 Å². The summed E-state index contributed by atoms with van der Waals surface area (Å²) in [5, 5.41) is 13.2. The highest BCUT2D eigenvalue weighted by atomic mass is 16.4. The number of likely N-dealkylation sites (tertiary alicyclic amines) is 1. The fourth-order valence-corrected chi connectivity index (χ4v) is 3.02. The zero-order valence-corrected chi connectivity index (χ0v) is 12.5. The monoisotopic (exact) mass is 279 g/mol. The van der Waals surface area contributed by atoms with Crippen LogP contribution in [0.1, 0.15) is 43.9 Å². The summed E-state index contributed by atoms with van der Waals surface area (Å²) in [6, 6.07) is 0. The maximum absolute atomic E-state index is 10.6. The zero-order chi connectivity index (χ0) is 14.5. The van der Waals surface area contributed by atoms with E-state index in [2.05, 4.69) is 23.1 Å². The van der Waals surface area contributed by atoms with Gasteiger partial charge in [-0.2, -0.15) is 5.10 Å². The van der Waals surface area contributed by atoms with Gasteiger partial charge >= 0.3 is 5.97 Å². The highest BCUT2D eigenvalue weighted by Gasteiger charge is 2.21. The van der Waals surface area contributed by atoms with Crippen LogP contribution in [0.2, 0.25) is 0 Å². The molecule has 1 aliphatic rings. The molecule has 1 aromatic rings. The first kappa shape index (κ1) is 15.0. The van der Waals surface area contributed by atoms with Crippen LogP contribution < -0.4 is 0 Å². The van der Waals surface area contributed by atoms with Crippen LogP contribution in [0, 0.1) is 5.92 Å². The quantitative estimate of drug-likeness (QED) is 0.866. The van der Waals surface area contributed by atoms with Crippen molar-refractivity contribution in [3.05, 3.63) is 17.5 Å². The molecule has 0 saturated carbocycles. The first-order valence-electron chi connectivity index (χ1n) is 7.54. The Bertz CT molecular complexity index is 448. The summed E-state index contributed by atoms with van der Waals surface area (Å²) in [5.74, 6) is -0.0859. The van der Waals surface area contributed by atoms with Crippen LogP contribution in [-0.4, -0.2) is 38.8 Å². The first-order chi connectivity index (χ1) is 9.58. The number of aliphatic carboxylic acids is 1. The van der Waals surface area contributed by atoms with Crippen molar-refractivity contribution in [1.82, 2.24) is 14.7 Å². The summed E-state index contributed by atoms with van der Waals surface area (Å²) in [7, 11) is 1.97. The van der Waals surface area contributed by atoms with E-state index in [1.54, 1.807) is 0 Å². The van der Waals surface area contributed by atoms with Crippen molar-refractivity contribution < 1.29 is 9.90 Å². The summed E-state index contributed by atoms with van der Waals surface area (Å²) in [6.45, 7) is 5.26. The second-order valence-electron chi connectivity index (χ2n) is 5.78. The van der Waals surface area contributed by atoms with E-state index in [-0.39, 0.29) is 0 Å². The van der Waals surface area contributed by atoms with Crippen LogP contribution in [0.15, 0.2) is 6.20 Å². The van der Waals surface area contributed by atoms with Crippen molar-refractivity contribution in [2.45, 2.75) is 45.6 Å².